The first-order valence-corrected chi connectivity index (χ1v) is 7.86. The summed E-state index contributed by atoms with van der Waals surface area (Å²) < 4.78 is 0. The Kier molecular flexibility index (Phi) is 5.73. The molecule has 21 heavy (non-hydrogen) atoms. The fraction of sp³-hybridized carbons (Fsp3) is 0.533. The number of nitrogens with one attached hydrogen (secondary N) is 1. The van der Waals surface area contributed by atoms with Crippen LogP contribution in [-0.4, -0.2) is 35.7 Å². The molecule has 1 saturated carbocycles. The molecule has 2 N–H and O–H groups in total. The Morgan fingerprint density at radius 3 is 2.52 bits per heavy atom. The molecule has 2 rings (SSSR count). The van der Waals surface area contributed by atoms with Crippen LogP contribution in [0.5, 0.6) is 0 Å². The van der Waals surface area contributed by atoms with E-state index in [0.717, 1.165) is 25.7 Å². The monoisotopic (exact) mass is 330 g/mol. The standard InChI is InChI=1S/C15H20Cl2N2O2/c1-19(12-5-2-10(9-20)3-6-12)15(21)18-11-4-7-13(16)14(17)8-11/h4,7-8,10,12,20H,2-3,5-6,9H2,1H3,(H,18,21). The number of anilines is 1. The summed E-state index contributed by atoms with van der Waals surface area (Å²) in [7, 11) is 1.80. The number of amides is 2. The van der Waals surface area contributed by atoms with Crippen LogP contribution in [0.15, 0.2) is 18.2 Å². The summed E-state index contributed by atoms with van der Waals surface area (Å²) in [6.07, 6.45) is 3.78. The third kappa shape index (κ3) is 4.25. The highest BCUT2D eigenvalue weighted by Gasteiger charge is 2.26. The molecule has 1 aliphatic rings. The number of hydrogen-bond acceptors (Lipinski definition) is 2. The highest BCUT2D eigenvalue weighted by atomic mass is 35.5. The molecule has 0 radical (unpaired) electrons. The van der Waals surface area contributed by atoms with Crippen molar-refractivity contribution in [2.45, 2.75) is 31.7 Å². The predicted molar refractivity (Wildman–Crippen MR) is 86.1 cm³/mol. The molecule has 1 aliphatic carbocycles. The SMILES string of the molecule is CN(C(=O)Nc1ccc(Cl)c(Cl)c1)C1CCC(CO)CC1. The number of carbonyl (C=O) groups is 1. The molecule has 0 saturated heterocycles. The van der Waals surface area contributed by atoms with E-state index in [4.69, 9.17) is 28.3 Å². The number of urea groups is 1. The van der Waals surface area contributed by atoms with E-state index in [1.165, 1.54) is 0 Å². The summed E-state index contributed by atoms with van der Waals surface area (Å²) in [6.45, 7) is 0.242. The van der Waals surface area contributed by atoms with Gasteiger partial charge in [0, 0.05) is 25.4 Å². The smallest absolute Gasteiger partial charge is 0.321 e. The summed E-state index contributed by atoms with van der Waals surface area (Å²) in [5.41, 5.74) is 0.630. The second-order valence-corrected chi connectivity index (χ2v) is 6.34. The number of nitrogens with zero attached hydrogens (tertiary/aromatic N) is 1. The minimum absolute atomic E-state index is 0.152. The van der Waals surface area contributed by atoms with E-state index in [1.54, 1.807) is 30.1 Å². The highest BCUT2D eigenvalue weighted by molar-refractivity contribution is 6.42. The van der Waals surface area contributed by atoms with E-state index >= 15 is 0 Å². The van der Waals surface area contributed by atoms with Gasteiger partial charge >= 0.3 is 6.03 Å². The fourth-order valence-electron chi connectivity index (χ4n) is 2.67. The van der Waals surface area contributed by atoms with E-state index in [1.807, 2.05) is 0 Å². The molecule has 1 fully saturated rings. The molecule has 0 aliphatic heterocycles. The number of aliphatic hydroxyl groups excluding tert-OH is 1. The van der Waals surface area contributed by atoms with E-state index in [-0.39, 0.29) is 18.7 Å². The van der Waals surface area contributed by atoms with Gasteiger partial charge < -0.3 is 15.3 Å². The third-order valence-corrected chi connectivity index (χ3v) is 4.85. The average Bonchev–Trinajstić information content (AvgIpc) is 2.50. The van der Waals surface area contributed by atoms with Crippen LogP contribution in [0.25, 0.3) is 0 Å². The van der Waals surface area contributed by atoms with Crippen molar-refractivity contribution in [3.05, 3.63) is 28.2 Å². The van der Waals surface area contributed by atoms with Crippen molar-refractivity contribution in [1.82, 2.24) is 4.90 Å². The zero-order valence-corrected chi connectivity index (χ0v) is 13.5. The molecule has 0 bridgehead atoms. The normalized spacial score (nSPS) is 21.9. The quantitative estimate of drug-likeness (QED) is 0.879. The zero-order chi connectivity index (χ0) is 15.4. The Morgan fingerprint density at radius 1 is 1.29 bits per heavy atom. The van der Waals surface area contributed by atoms with E-state index < -0.39 is 0 Å². The maximum absolute atomic E-state index is 12.2. The number of aliphatic hydroxyl groups is 1. The molecule has 0 heterocycles. The minimum Gasteiger partial charge on any atom is -0.396 e. The molecular formula is C15H20Cl2N2O2. The first kappa shape index (κ1) is 16.4. The van der Waals surface area contributed by atoms with Crippen molar-refractivity contribution < 1.29 is 9.90 Å². The Bertz CT molecular complexity index is 502. The molecule has 116 valence electrons. The topological polar surface area (TPSA) is 52.6 Å². The van der Waals surface area contributed by atoms with Crippen molar-refractivity contribution in [1.29, 1.82) is 0 Å². The lowest BCUT2D eigenvalue weighted by molar-refractivity contribution is 0.139. The van der Waals surface area contributed by atoms with Crippen molar-refractivity contribution in [2.24, 2.45) is 5.92 Å². The first-order valence-electron chi connectivity index (χ1n) is 7.11. The number of carbonyl (C=O) groups excluding carboxylic acids is 1. The van der Waals surface area contributed by atoms with E-state index in [0.29, 0.717) is 21.7 Å². The van der Waals surface area contributed by atoms with Crippen LogP contribution < -0.4 is 5.32 Å². The van der Waals surface area contributed by atoms with Gasteiger partial charge in [-0.25, -0.2) is 4.79 Å². The van der Waals surface area contributed by atoms with Crippen molar-refractivity contribution in [3.63, 3.8) is 0 Å². The number of halogens is 2. The molecule has 1 aromatic carbocycles. The van der Waals surface area contributed by atoms with Crippen LogP contribution in [0.1, 0.15) is 25.7 Å². The average molecular weight is 331 g/mol. The predicted octanol–water partition coefficient (Wildman–Crippen LogP) is 4.01. The van der Waals surface area contributed by atoms with Crippen LogP contribution >= 0.6 is 23.2 Å². The lowest BCUT2D eigenvalue weighted by atomic mass is 9.86. The molecule has 4 nitrogen and oxygen atoms in total. The maximum Gasteiger partial charge on any atom is 0.321 e. The Balaban J connectivity index is 1.92. The van der Waals surface area contributed by atoms with Gasteiger partial charge in [-0.2, -0.15) is 0 Å². The molecule has 2 amide bonds. The molecule has 6 heteroatoms. The number of benzene rings is 1. The van der Waals surface area contributed by atoms with Crippen LogP contribution in [0, 0.1) is 5.92 Å². The summed E-state index contributed by atoms with van der Waals surface area (Å²) in [6, 6.07) is 5.09. The highest BCUT2D eigenvalue weighted by Crippen LogP contribution is 2.28. The Labute approximate surface area is 135 Å². The fourth-order valence-corrected chi connectivity index (χ4v) is 2.96. The third-order valence-electron chi connectivity index (χ3n) is 4.11. The maximum atomic E-state index is 12.2. The minimum atomic E-state index is -0.152. The first-order chi connectivity index (χ1) is 10.0. The molecular weight excluding hydrogens is 311 g/mol. The van der Waals surface area contributed by atoms with Crippen molar-refractivity contribution in [2.75, 3.05) is 19.0 Å². The lowest BCUT2D eigenvalue weighted by Crippen LogP contribution is -2.42. The molecule has 0 spiro atoms. The largest absolute Gasteiger partial charge is 0.396 e. The van der Waals surface area contributed by atoms with Gasteiger partial charge in [0.1, 0.15) is 0 Å². The van der Waals surface area contributed by atoms with Crippen LogP contribution in [0.4, 0.5) is 10.5 Å². The van der Waals surface area contributed by atoms with Gasteiger partial charge in [-0.05, 0) is 49.8 Å². The summed E-state index contributed by atoms with van der Waals surface area (Å²) in [4.78, 5) is 14.0. The van der Waals surface area contributed by atoms with Gasteiger partial charge in [0.05, 0.1) is 10.0 Å². The van der Waals surface area contributed by atoms with Gasteiger partial charge in [-0.3, -0.25) is 0 Å². The lowest BCUT2D eigenvalue weighted by Gasteiger charge is -2.34. The van der Waals surface area contributed by atoms with E-state index in [9.17, 15) is 4.79 Å². The number of rotatable bonds is 3. The van der Waals surface area contributed by atoms with Crippen LogP contribution in [0.3, 0.4) is 0 Å². The second kappa shape index (κ2) is 7.34. The molecule has 0 atom stereocenters. The van der Waals surface area contributed by atoms with Gasteiger partial charge in [0.15, 0.2) is 0 Å². The molecule has 0 unspecified atom stereocenters. The van der Waals surface area contributed by atoms with Gasteiger partial charge in [-0.1, -0.05) is 23.2 Å². The molecule has 0 aromatic heterocycles. The zero-order valence-electron chi connectivity index (χ0n) is 12.0. The Morgan fingerprint density at radius 2 is 1.95 bits per heavy atom. The van der Waals surface area contributed by atoms with Gasteiger partial charge in [0.25, 0.3) is 0 Å². The Hall–Kier alpha value is -0.970. The van der Waals surface area contributed by atoms with Crippen LogP contribution in [-0.2, 0) is 0 Å². The van der Waals surface area contributed by atoms with Gasteiger partial charge in [0.2, 0.25) is 0 Å². The summed E-state index contributed by atoms with van der Waals surface area (Å²) in [5, 5.41) is 12.9. The van der Waals surface area contributed by atoms with Crippen LogP contribution in [0.2, 0.25) is 10.0 Å². The summed E-state index contributed by atoms with van der Waals surface area (Å²) in [5.74, 6) is 0.382. The van der Waals surface area contributed by atoms with Crippen molar-refractivity contribution >= 4 is 34.9 Å². The number of hydrogen-bond donors (Lipinski definition) is 2. The van der Waals surface area contributed by atoms with Crippen molar-refractivity contribution in [3.8, 4) is 0 Å². The summed E-state index contributed by atoms with van der Waals surface area (Å²) >= 11 is 11.8. The van der Waals surface area contributed by atoms with Gasteiger partial charge in [-0.15, -0.1) is 0 Å². The van der Waals surface area contributed by atoms with E-state index in [2.05, 4.69) is 5.32 Å². The second-order valence-electron chi connectivity index (χ2n) is 5.53. The molecule has 1 aromatic rings.